The van der Waals surface area contributed by atoms with Crippen molar-refractivity contribution in [2.75, 3.05) is 18.7 Å². The maximum atomic E-state index is 12.3. The van der Waals surface area contributed by atoms with Crippen LogP contribution in [0.4, 0.5) is 10.5 Å². The molecule has 3 rings (SSSR count). The second-order valence-electron chi connectivity index (χ2n) is 5.66. The van der Waals surface area contributed by atoms with Crippen LogP contribution in [0.1, 0.15) is 24.5 Å². The van der Waals surface area contributed by atoms with Crippen molar-refractivity contribution in [2.45, 2.75) is 18.9 Å². The van der Waals surface area contributed by atoms with Gasteiger partial charge in [0.2, 0.25) is 6.79 Å². The first-order chi connectivity index (χ1) is 12.6. The van der Waals surface area contributed by atoms with E-state index in [1.54, 1.807) is 30.3 Å². The number of aliphatic hydroxyl groups excluding tert-OH is 1. The van der Waals surface area contributed by atoms with E-state index in [4.69, 9.17) is 19.3 Å². The molecule has 1 amide bonds. The van der Waals surface area contributed by atoms with Crippen LogP contribution in [0, 0.1) is 0 Å². The molecule has 1 atom stereocenters. The van der Waals surface area contributed by atoms with E-state index in [1.165, 1.54) is 6.07 Å². The van der Waals surface area contributed by atoms with Gasteiger partial charge in [0.15, 0.2) is 11.5 Å². The average Bonchev–Trinajstić information content (AvgIpc) is 3.08. The molecule has 7 nitrogen and oxygen atoms in total. The van der Waals surface area contributed by atoms with Gasteiger partial charge in [-0.15, -0.1) is 0 Å². The van der Waals surface area contributed by atoms with Gasteiger partial charge >= 0.3 is 6.09 Å². The van der Waals surface area contributed by atoms with Crippen molar-refractivity contribution in [3.63, 3.8) is 0 Å². The number of aliphatic hydroxyl groups is 1. The normalized spacial score (nSPS) is 13.3. The van der Waals surface area contributed by atoms with Gasteiger partial charge in [-0.25, -0.2) is 4.79 Å². The number of phenols is 1. The minimum atomic E-state index is -0.700. The number of benzene rings is 2. The number of phenolic OH excluding ortho intramolecular Hbond substituents is 1. The van der Waals surface area contributed by atoms with Crippen molar-refractivity contribution in [3.05, 3.63) is 46.4 Å². The molecular formula is C18H18BrNO6. The number of ether oxygens (including phenoxy) is 3. The van der Waals surface area contributed by atoms with Crippen LogP contribution in [0.3, 0.4) is 0 Å². The highest BCUT2D eigenvalue weighted by molar-refractivity contribution is 9.10. The summed E-state index contributed by atoms with van der Waals surface area (Å²) in [6, 6.07) is 9.91. The number of fused-ring (bicyclic) bond motifs is 1. The molecule has 2 aromatic rings. The summed E-state index contributed by atoms with van der Waals surface area (Å²) in [6.45, 7) is 0.104. The molecule has 0 saturated heterocycles. The molecule has 8 heteroatoms. The number of nitrogens with one attached hydrogen (secondary N) is 1. The van der Waals surface area contributed by atoms with Gasteiger partial charge in [-0.05, 0) is 43.2 Å². The summed E-state index contributed by atoms with van der Waals surface area (Å²) in [5, 5.41) is 21.8. The quantitative estimate of drug-likeness (QED) is 0.650. The second-order valence-corrected chi connectivity index (χ2v) is 6.57. The smallest absolute Gasteiger partial charge is 0.412 e. The first-order valence-electron chi connectivity index (χ1n) is 8.03. The molecule has 3 N–H and O–H groups in total. The van der Waals surface area contributed by atoms with Crippen LogP contribution in [0.5, 0.6) is 17.2 Å². The number of carbonyl (C=O) groups excluding carboxylic acids is 1. The van der Waals surface area contributed by atoms with E-state index in [2.05, 4.69) is 21.2 Å². The molecule has 0 fully saturated rings. The molecule has 0 radical (unpaired) electrons. The van der Waals surface area contributed by atoms with E-state index in [-0.39, 0.29) is 19.1 Å². The van der Waals surface area contributed by atoms with E-state index < -0.39 is 12.2 Å². The SMILES string of the molecule is O=C(Nc1ccc2c(c1)OCO2)O[C@@H](CCCO)c1cc(Br)ccc1O. The van der Waals surface area contributed by atoms with E-state index in [0.717, 1.165) is 4.47 Å². The molecule has 0 aliphatic carbocycles. The predicted molar refractivity (Wildman–Crippen MR) is 97.5 cm³/mol. The molecule has 26 heavy (non-hydrogen) atoms. The Hall–Kier alpha value is -2.45. The van der Waals surface area contributed by atoms with Gasteiger partial charge in [-0.1, -0.05) is 15.9 Å². The van der Waals surface area contributed by atoms with Gasteiger partial charge in [-0.2, -0.15) is 0 Å². The largest absolute Gasteiger partial charge is 0.508 e. The Balaban J connectivity index is 1.71. The number of halogens is 1. The third kappa shape index (κ3) is 4.39. The maximum absolute atomic E-state index is 12.3. The van der Waals surface area contributed by atoms with Crippen molar-refractivity contribution in [3.8, 4) is 17.2 Å². The fraction of sp³-hybridized carbons (Fsp3) is 0.278. The Labute approximate surface area is 158 Å². The van der Waals surface area contributed by atoms with Gasteiger partial charge < -0.3 is 24.4 Å². The van der Waals surface area contributed by atoms with E-state index in [9.17, 15) is 9.90 Å². The number of hydrogen-bond donors (Lipinski definition) is 3. The summed E-state index contributed by atoms with van der Waals surface area (Å²) in [5.74, 6) is 1.18. The van der Waals surface area contributed by atoms with Crippen LogP contribution in [-0.2, 0) is 4.74 Å². The highest BCUT2D eigenvalue weighted by Gasteiger charge is 2.21. The number of rotatable bonds is 6. The maximum Gasteiger partial charge on any atom is 0.412 e. The third-order valence-corrected chi connectivity index (χ3v) is 4.32. The fourth-order valence-corrected chi connectivity index (χ4v) is 2.97. The molecule has 1 heterocycles. The lowest BCUT2D eigenvalue weighted by atomic mass is 10.0. The molecule has 2 aromatic carbocycles. The number of aromatic hydroxyl groups is 1. The highest BCUT2D eigenvalue weighted by atomic mass is 79.9. The topological polar surface area (TPSA) is 97.3 Å². The first-order valence-corrected chi connectivity index (χ1v) is 8.82. The van der Waals surface area contributed by atoms with E-state index in [1.807, 2.05) is 0 Å². The molecule has 1 aliphatic rings. The van der Waals surface area contributed by atoms with Gasteiger partial charge in [0.1, 0.15) is 11.9 Å². The lowest BCUT2D eigenvalue weighted by Crippen LogP contribution is -2.18. The molecule has 0 bridgehead atoms. The van der Waals surface area contributed by atoms with Crippen LogP contribution in [0.2, 0.25) is 0 Å². The summed E-state index contributed by atoms with van der Waals surface area (Å²) in [7, 11) is 0. The number of carbonyl (C=O) groups is 1. The second kappa shape index (κ2) is 8.29. The van der Waals surface area contributed by atoms with Crippen LogP contribution >= 0.6 is 15.9 Å². The molecule has 0 saturated carbocycles. The van der Waals surface area contributed by atoms with Crippen molar-refractivity contribution in [2.24, 2.45) is 0 Å². The lowest BCUT2D eigenvalue weighted by molar-refractivity contribution is 0.0979. The van der Waals surface area contributed by atoms with Crippen LogP contribution in [0.25, 0.3) is 0 Å². The van der Waals surface area contributed by atoms with Crippen molar-refractivity contribution in [1.29, 1.82) is 0 Å². The average molecular weight is 424 g/mol. The van der Waals surface area contributed by atoms with Gasteiger partial charge in [-0.3, -0.25) is 5.32 Å². The van der Waals surface area contributed by atoms with E-state index >= 15 is 0 Å². The number of anilines is 1. The van der Waals surface area contributed by atoms with Gasteiger partial charge in [0.05, 0.1) is 0 Å². The van der Waals surface area contributed by atoms with Crippen molar-refractivity contribution in [1.82, 2.24) is 0 Å². The minimum Gasteiger partial charge on any atom is -0.508 e. The van der Waals surface area contributed by atoms with Crippen molar-refractivity contribution < 1.29 is 29.2 Å². The van der Waals surface area contributed by atoms with E-state index in [0.29, 0.717) is 35.6 Å². The Morgan fingerprint density at radius 1 is 1.23 bits per heavy atom. The number of hydrogen-bond acceptors (Lipinski definition) is 6. The summed E-state index contributed by atoms with van der Waals surface area (Å²) >= 11 is 3.34. The number of amides is 1. The molecule has 138 valence electrons. The molecule has 0 unspecified atom stereocenters. The van der Waals surface area contributed by atoms with Crippen LogP contribution < -0.4 is 14.8 Å². The zero-order valence-electron chi connectivity index (χ0n) is 13.8. The Kier molecular flexibility index (Phi) is 5.85. The first kappa shape index (κ1) is 18.3. The summed E-state index contributed by atoms with van der Waals surface area (Å²) < 4.78 is 16.7. The monoisotopic (exact) mass is 423 g/mol. The summed E-state index contributed by atoms with van der Waals surface area (Å²) in [5.41, 5.74) is 0.965. The Morgan fingerprint density at radius 3 is 2.85 bits per heavy atom. The fourth-order valence-electron chi connectivity index (χ4n) is 2.59. The highest BCUT2D eigenvalue weighted by Crippen LogP contribution is 2.35. The standard InChI is InChI=1S/C18H18BrNO6/c19-11-3-5-14(22)13(8-11)15(2-1-7-21)26-18(23)20-12-4-6-16-17(9-12)25-10-24-16/h3-6,8-9,15,21-22H,1-2,7,10H2,(H,20,23)/t15-/m0/s1. The lowest BCUT2D eigenvalue weighted by Gasteiger charge is -2.19. The Bertz CT molecular complexity index is 797. The molecule has 1 aliphatic heterocycles. The minimum absolute atomic E-state index is 0.0204. The molecule has 0 spiro atoms. The Morgan fingerprint density at radius 2 is 2.04 bits per heavy atom. The predicted octanol–water partition coefficient (Wildman–Crippen LogP) is 3.95. The van der Waals surface area contributed by atoms with Crippen LogP contribution in [-0.4, -0.2) is 29.7 Å². The van der Waals surface area contributed by atoms with Crippen LogP contribution in [0.15, 0.2) is 40.9 Å². The zero-order chi connectivity index (χ0) is 18.5. The summed E-state index contributed by atoms with van der Waals surface area (Å²) in [6.07, 6.45) is -0.581. The zero-order valence-corrected chi connectivity index (χ0v) is 15.4. The van der Waals surface area contributed by atoms with Crippen molar-refractivity contribution >= 4 is 27.7 Å². The molecule has 0 aromatic heterocycles. The molecular weight excluding hydrogens is 406 g/mol. The summed E-state index contributed by atoms with van der Waals surface area (Å²) in [4.78, 5) is 12.3. The third-order valence-electron chi connectivity index (χ3n) is 3.83. The van der Waals surface area contributed by atoms with Gasteiger partial charge in [0.25, 0.3) is 0 Å². The van der Waals surface area contributed by atoms with Gasteiger partial charge in [0, 0.05) is 28.4 Å².